The van der Waals surface area contributed by atoms with E-state index in [0.717, 1.165) is 0 Å². The molecule has 1 aliphatic rings. The van der Waals surface area contributed by atoms with Gasteiger partial charge < -0.3 is 15.7 Å². The van der Waals surface area contributed by atoms with Crippen molar-refractivity contribution in [1.29, 1.82) is 0 Å². The van der Waals surface area contributed by atoms with Crippen LogP contribution in [0.2, 0.25) is 0 Å². The second-order valence-electron chi connectivity index (χ2n) is 5.59. The van der Waals surface area contributed by atoms with Crippen molar-refractivity contribution in [3.05, 3.63) is 0 Å². The number of thioether (sulfide) groups is 1. The smallest absolute Gasteiger partial charge is 0.315 e. The highest BCUT2D eigenvalue weighted by Gasteiger charge is 2.29. The van der Waals surface area contributed by atoms with Crippen LogP contribution >= 0.6 is 11.8 Å². The molecule has 0 aromatic heterocycles. The minimum atomic E-state index is -0.115. The lowest BCUT2D eigenvalue weighted by molar-refractivity contribution is 0.218. The third kappa shape index (κ3) is 5.06. The first-order valence-corrected chi connectivity index (χ1v) is 7.74. The number of carbonyl (C=O) groups is 1. The molecule has 0 bridgehead atoms. The number of amides is 2. The van der Waals surface area contributed by atoms with Crippen LogP contribution in [0.1, 0.15) is 40.0 Å². The van der Waals surface area contributed by atoms with Crippen LogP contribution in [0.5, 0.6) is 0 Å². The summed E-state index contributed by atoms with van der Waals surface area (Å²) in [4.78, 5) is 11.8. The van der Waals surface area contributed by atoms with Crippen molar-refractivity contribution in [2.75, 3.05) is 18.9 Å². The van der Waals surface area contributed by atoms with Crippen LogP contribution < -0.4 is 10.6 Å². The molecular formula is C13H26N2O2S. The van der Waals surface area contributed by atoms with E-state index >= 15 is 0 Å². The maximum absolute atomic E-state index is 11.8. The van der Waals surface area contributed by atoms with Crippen LogP contribution in [0, 0.1) is 5.92 Å². The Morgan fingerprint density at radius 3 is 2.72 bits per heavy atom. The molecule has 1 aliphatic heterocycles. The molecule has 0 spiro atoms. The normalized spacial score (nSPS) is 25.2. The van der Waals surface area contributed by atoms with E-state index in [2.05, 4.69) is 31.4 Å². The number of aliphatic hydroxyl groups excluding tert-OH is 1. The fourth-order valence-corrected chi connectivity index (χ4v) is 3.42. The molecule has 18 heavy (non-hydrogen) atoms. The summed E-state index contributed by atoms with van der Waals surface area (Å²) >= 11 is 1.94. The SMILES string of the molecule is CC(C)C(CCO)NC(=O)NCC1(C)CCCS1. The summed E-state index contributed by atoms with van der Waals surface area (Å²) in [5.41, 5.74) is 0. The molecule has 1 saturated heterocycles. The summed E-state index contributed by atoms with van der Waals surface area (Å²) in [5, 5.41) is 14.9. The fraction of sp³-hybridized carbons (Fsp3) is 0.923. The lowest BCUT2D eigenvalue weighted by Gasteiger charge is -2.25. The van der Waals surface area contributed by atoms with Gasteiger partial charge in [0.2, 0.25) is 0 Å². The number of urea groups is 1. The molecule has 4 nitrogen and oxygen atoms in total. The molecule has 2 amide bonds. The summed E-state index contributed by atoms with van der Waals surface area (Å²) in [7, 11) is 0. The van der Waals surface area contributed by atoms with Crippen molar-refractivity contribution < 1.29 is 9.90 Å². The van der Waals surface area contributed by atoms with Crippen LogP contribution in [0.25, 0.3) is 0 Å². The van der Waals surface area contributed by atoms with E-state index < -0.39 is 0 Å². The molecule has 1 heterocycles. The van der Waals surface area contributed by atoms with Crippen LogP contribution in [0.3, 0.4) is 0 Å². The average molecular weight is 274 g/mol. The Labute approximate surface area is 114 Å². The number of carbonyl (C=O) groups excluding carboxylic acids is 1. The van der Waals surface area contributed by atoms with E-state index in [0.29, 0.717) is 18.9 Å². The lowest BCUT2D eigenvalue weighted by atomic mass is 10.0. The van der Waals surface area contributed by atoms with Crippen molar-refractivity contribution in [2.24, 2.45) is 5.92 Å². The van der Waals surface area contributed by atoms with E-state index in [1.165, 1.54) is 18.6 Å². The van der Waals surface area contributed by atoms with Crippen molar-refractivity contribution >= 4 is 17.8 Å². The molecule has 3 N–H and O–H groups in total. The van der Waals surface area contributed by atoms with Crippen molar-refractivity contribution in [3.63, 3.8) is 0 Å². The van der Waals surface area contributed by atoms with Gasteiger partial charge in [-0.15, -0.1) is 0 Å². The van der Waals surface area contributed by atoms with E-state index in [4.69, 9.17) is 5.11 Å². The molecule has 0 aliphatic carbocycles. The summed E-state index contributed by atoms with van der Waals surface area (Å²) in [6.45, 7) is 7.13. The predicted octanol–water partition coefficient (Wildman–Crippen LogP) is 1.98. The van der Waals surface area contributed by atoms with Gasteiger partial charge in [-0.1, -0.05) is 13.8 Å². The molecule has 2 unspecified atom stereocenters. The maximum Gasteiger partial charge on any atom is 0.315 e. The van der Waals surface area contributed by atoms with Crippen molar-refractivity contribution in [1.82, 2.24) is 10.6 Å². The zero-order chi connectivity index (χ0) is 13.6. The van der Waals surface area contributed by atoms with Gasteiger partial charge in [0.1, 0.15) is 0 Å². The Hall–Kier alpha value is -0.420. The van der Waals surface area contributed by atoms with E-state index in [-0.39, 0.29) is 23.4 Å². The van der Waals surface area contributed by atoms with Crippen molar-refractivity contribution in [2.45, 2.75) is 50.8 Å². The summed E-state index contributed by atoms with van der Waals surface area (Å²) in [6, 6.07) is -0.0742. The number of nitrogens with one attached hydrogen (secondary N) is 2. The van der Waals surface area contributed by atoms with Crippen LogP contribution in [0.15, 0.2) is 0 Å². The molecule has 1 fully saturated rings. The Morgan fingerprint density at radius 1 is 1.50 bits per heavy atom. The highest BCUT2D eigenvalue weighted by atomic mass is 32.2. The lowest BCUT2D eigenvalue weighted by Crippen LogP contribution is -2.48. The van der Waals surface area contributed by atoms with E-state index in [1.54, 1.807) is 0 Å². The molecule has 106 valence electrons. The Balaban J connectivity index is 2.31. The second kappa shape index (κ2) is 7.24. The van der Waals surface area contributed by atoms with Gasteiger partial charge in [-0.25, -0.2) is 4.79 Å². The van der Waals surface area contributed by atoms with Gasteiger partial charge in [-0.2, -0.15) is 11.8 Å². The molecular weight excluding hydrogens is 248 g/mol. The number of hydrogen-bond donors (Lipinski definition) is 3. The van der Waals surface area contributed by atoms with Crippen molar-refractivity contribution in [3.8, 4) is 0 Å². The highest BCUT2D eigenvalue weighted by molar-refractivity contribution is 8.00. The topological polar surface area (TPSA) is 61.4 Å². The van der Waals surface area contributed by atoms with Gasteiger partial charge in [0.15, 0.2) is 0 Å². The Kier molecular flexibility index (Phi) is 6.29. The third-order valence-corrected chi connectivity index (χ3v) is 5.02. The Bertz CT molecular complexity index is 266. The maximum atomic E-state index is 11.8. The first-order valence-electron chi connectivity index (χ1n) is 6.76. The standard InChI is InChI=1S/C13H26N2O2S/c1-10(2)11(5-7-16)15-12(17)14-9-13(3)6-4-8-18-13/h10-11,16H,4-9H2,1-3H3,(H2,14,15,17). The van der Waals surface area contributed by atoms with Gasteiger partial charge in [-0.05, 0) is 37.9 Å². The zero-order valence-electron chi connectivity index (χ0n) is 11.7. The number of hydrogen-bond acceptors (Lipinski definition) is 3. The minimum absolute atomic E-state index is 0.0408. The minimum Gasteiger partial charge on any atom is -0.396 e. The van der Waals surface area contributed by atoms with E-state index in [1.807, 2.05) is 11.8 Å². The Morgan fingerprint density at radius 2 is 2.22 bits per heavy atom. The molecule has 0 aromatic rings. The van der Waals surface area contributed by atoms with Crippen LogP contribution in [-0.2, 0) is 0 Å². The first-order chi connectivity index (χ1) is 8.47. The van der Waals surface area contributed by atoms with E-state index in [9.17, 15) is 4.79 Å². The molecule has 2 atom stereocenters. The summed E-state index contributed by atoms with van der Waals surface area (Å²) in [5.74, 6) is 1.53. The number of aliphatic hydroxyl groups is 1. The molecule has 0 aromatic carbocycles. The predicted molar refractivity (Wildman–Crippen MR) is 77.0 cm³/mol. The quantitative estimate of drug-likeness (QED) is 0.694. The average Bonchev–Trinajstić information content (AvgIpc) is 2.73. The zero-order valence-corrected chi connectivity index (χ0v) is 12.5. The van der Waals surface area contributed by atoms with Gasteiger partial charge in [0.05, 0.1) is 0 Å². The highest BCUT2D eigenvalue weighted by Crippen LogP contribution is 2.36. The molecule has 1 rings (SSSR count). The van der Waals surface area contributed by atoms with Gasteiger partial charge in [-0.3, -0.25) is 0 Å². The first kappa shape index (κ1) is 15.6. The van der Waals surface area contributed by atoms with Crippen LogP contribution in [-0.4, -0.2) is 40.8 Å². The fourth-order valence-electron chi connectivity index (χ4n) is 2.17. The second-order valence-corrected chi connectivity index (χ2v) is 7.27. The van der Waals surface area contributed by atoms with Gasteiger partial charge in [0.25, 0.3) is 0 Å². The molecule has 0 saturated carbocycles. The van der Waals surface area contributed by atoms with Gasteiger partial charge >= 0.3 is 6.03 Å². The number of rotatable bonds is 6. The molecule has 5 heteroatoms. The summed E-state index contributed by atoms with van der Waals surface area (Å²) in [6.07, 6.45) is 3.02. The van der Waals surface area contributed by atoms with Crippen LogP contribution in [0.4, 0.5) is 4.79 Å². The largest absolute Gasteiger partial charge is 0.396 e. The monoisotopic (exact) mass is 274 g/mol. The molecule has 0 radical (unpaired) electrons. The third-order valence-electron chi connectivity index (χ3n) is 3.48. The summed E-state index contributed by atoms with van der Waals surface area (Å²) < 4.78 is 0.196. The van der Waals surface area contributed by atoms with Gasteiger partial charge in [0, 0.05) is 23.9 Å².